The molecule has 1 aromatic heterocycles. The minimum Gasteiger partial charge on any atom is -0.368 e. The van der Waals surface area contributed by atoms with Crippen LogP contribution in [-0.4, -0.2) is 49.1 Å². The van der Waals surface area contributed by atoms with Crippen LogP contribution < -0.4 is 10.2 Å². The maximum Gasteiger partial charge on any atom is 0.471 e. The van der Waals surface area contributed by atoms with E-state index in [1.165, 1.54) is 11.3 Å². The van der Waals surface area contributed by atoms with Crippen molar-refractivity contribution in [3.63, 3.8) is 0 Å². The molecule has 0 unspecified atom stereocenters. The van der Waals surface area contributed by atoms with Crippen molar-refractivity contribution in [1.82, 2.24) is 10.2 Å². The molecule has 0 spiro atoms. The van der Waals surface area contributed by atoms with E-state index >= 15 is 0 Å². The topological polar surface area (TPSA) is 52.7 Å². The van der Waals surface area contributed by atoms with Crippen molar-refractivity contribution < 1.29 is 22.8 Å². The summed E-state index contributed by atoms with van der Waals surface area (Å²) >= 11 is 1.21. The molecule has 1 fully saturated rings. The number of rotatable bonds is 5. The second kappa shape index (κ2) is 8.64. The summed E-state index contributed by atoms with van der Waals surface area (Å²) in [6.45, 7) is 2.26. The Labute approximate surface area is 164 Å². The fraction of sp³-hybridized carbons (Fsp3) is 0.368. The fourth-order valence-corrected chi connectivity index (χ4v) is 3.89. The van der Waals surface area contributed by atoms with Gasteiger partial charge in [-0.15, -0.1) is 11.3 Å². The van der Waals surface area contributed by atoms with Crippen molar-refractivity contribution in [2.45, 2.75) is 18.6 Å². The van der Waals surface area contributed by atoms with E-state index in [0.29, 0.717) is 31.1 Å². The molecule has 2 aromatic rings. The molecule has 0 saturated carbocycles. The molecule has 150 valence electrons. The monoisotopic (exact) mass is 411 g/mol. The van der Waals surface area contributed by atoms with Gasteiger partial charge < -0.3 is 15.1 Å². The molecule has 0 bridgehead atoms. The Morgan fingerprint density at radius 1 is 1.04 bits per heavy atom. The molecule has 1 saturated heterocycles. The molecular weight excluding hydrogens is 391 g/mol. The summed E-state index contributed by atoms with van der Waals surface area (Å²) in [5.74, 6) is -2.30. The zero-order chi connectivity index (χ0) is 20.1. The Bertz CT molecular complexity index is 789. The smallest absolute Gasteiger partial charge is 0.368 e. The summed E-state index contributed by atoms with van der Waals surface area (Å²) in [5, 5.41) is 3.65. The predicted octanol–water partition coefficient (Wildman–Crippen LogP) is 3.21. The standard InChI is InChI=1S/C19H20F3N3O2S/c20-19(21,22)18(27)23-15(16-7-4-12-28-16)13-17(26)25-10-8-24(9-11-25)14-5-2-1-3-6-14/h1-7,12,15H,8-11,13H2,(H,23,27)/t15-/m0/s1. The molecule has 2 amide bonds. The van der Waals surface area contributed by atoms with Crippen molar-refractivity contribution in [1.29, 1.82) is 0 Å². The van der Waals surface area contributed by atoms with Gasteiger partial charge in [0.15, 0.2) is 0 Å². The summed E-state index contributed by atoms with van der Waals surface area (Å²) in [6, 6.07) is 12.1. The molecule has 1 aliphatic heterocycles. The number of nitrogens with zero attached hydrogens (tertiary/aromatic N) is 2. The molecule has 9 heteroatoms. The third kappa shape index (κ3) is 5.03. The maximum absolute atomic E-state index is 12.7. The van der Waals surface area contributed by atoms with Crippen LogP contribution in [0.25, 0.3) is 0 Å². The van der Waals surface area contributed by atoms with E-state index in [1.54, 1.807) is 22.4 Å². The highest BCUT2D eigenvalue weighted by Crippen LogP contribution is 2.26. The Morgan fingerprint density at radius 3 is 2.29 bits per heavy atom. The maximum atomic E-state index is 12.7. The summed E-state index contributed by atoms with van der Waals surface area (Å²) in [6.07, 6.45) is -5.19. The van der Waals surface area contributed by atoms with Crippen LogP contribution in [0.5, 0.6) is 0 Å². The lowest BCUT2D eigenvalue weighted by molar-refractivity contribution is -0.174. The fourth-order valence-electron chi connectivity index (χ4n) is 3.11. The Balaban J connectivity index is 1.60. The number of carbonyl (C=O) groups is 2. The quantitative estimate of drug-likeness (QED) is 0.822. The van der Waals surface area contributed by atoms with Crippen LogP contribution in [0, 0.1) is 0 Å². The second-order valence-electron chi connectivity index (χ2n) is 6.45. The van der Waals surface area contributed by atoms with Crippen LogP contribution in [0.15, 0.2) is 47.8 Å². The lowest BCUT2D eigenvalue weighted by atomic mass is 10.1. The number of piperazine rings is 1. The first-order valence-electron chi connectivity index (χ1n) is 8.83. The van der Waals surface area contributed by atoms with Gasteiger partial charge >= 0.3 is 12.1 Å². The van der Waals surface area contributed by atoms with Crippen molar-refractivity contribution in [3.05, 3.63) is 52.7 Å². The van der Waals surface area contributed by atoms with E-state index in [9.17, 15) is 22.8 Å². The summed E-state index contributed by atoms with van der Waals surface area (Å²) in [4.78, 5) is 28.3. The average Bonchev–Trinajstić information content (AvgIpc) is 3.22. The van der Waals surface area contributed by atoms with Crippen LogP contribution in [0.4, 0.5) is 18.9 Å². The minimum atomic E-state index is -4.99. The summed E-state index contributed by atoms with van der Waals surface area (Å²) in [7, 11) is 0. The van der Waals surface area contributed by atoms with Crippen LogP contribution in [-0.2, 0) is 9.59 Å². The van der Waals surface area contributed by atoms with Crippen LogP contribution in [0.3, 0.4) is 0 Å². The minimum absolute atomic E-state index is 0.201. The molecule has 1 aliphatic rings. The van der Waals surface area contributed by atoms with Gasteiger partial charge in [-0.1, -0.05) is 24.3 Å². The number of para-hydroxylation sites is 1. The van der Waals surface area contributed by atoms with Crippen molar-refractivity contribution >= 4 is 28.8 Å². The molecule has 5 nitrogen and oxygen atoms in total. The van der Waals surface area contributed by atoms with E-state index in [2.05, 4.69) is 4.90 Å². The van der Waals surface area contributed by atoms with Crippen LogP contribution in [0.2, 0.25) is 0 Å². The number of nitrogens with one attached hydrogen (secondary N) is 1. The predicted molar refractivity (Wildman–Crippen MR) is 101 cm³/mol. The second-order valence-corrected chi connectivity index (χ2v) is 7.43. The molecule has 1 N–H and O–H groups in total. The van der Waals surface area contributed by atoms with Crippen molar-refractivity contribution in [3.8, 4) is 0 Å². The van der Waals surface area contributed by atoms with Crippen LogP contribution in [0.1, 0.15) is 17.3 Å². The third-order valence-corrected chi connectivity index (χ3v) is 5.57. The molecule has 3 rings (SSSR count). The van der Waals surface area contributed by atoms with E-state index < -0.39 is 18.1 Å². The van der Waals surface area contributed by atoms with Crippen molar-refractivity contribution in [2.75, 3.05) is 31.1 Å². The normalized spacial score (nSPS) is 16.0. The highest BCUT2D eigenvalue weighted by atomic mass is 32.1. The number of carbonyl (C=O) groups excluding carboxylic acids is 2. The molecular formula is C19H20F3N3O2S. The van der Waals surface area contributed by atoms with Gasteiger partial charge in [0.1, 0.15) is 0 Å². The van der Waals surface area contributed by atoms with E-state index in [-0.39, 0.29) is 12.3 Å². The number of benzene rings is 1. The highest BCUT2D eigenvalue weighted by molar-refractivity contribution is 7.10. The van der Waals surface area contributed by atoms with Gasteiger partial charge in [-0.25, -0.2) is 0 Å². The number of hydrogen-bond donors (Lipinski definition) is 1. The van der Waals surface area contributed by atoms with E-state index in [4.69, 9.17) is 0 Å². The molecule has 0 radical (unpaired) electrons. The Hall–Kier alpha value is -2.55. The summed E-state index contributed by atoms with van der Waals surface area (Å²) < 4.78 is 37.9. The van der Waals surface area contributed by atoms with Gasteiger partial charge in [0.05, 0.1) is 12.5 Å². The number of hydrogen-bond acceptors (Lipinski definition) is 4. The molecule has 1 aromatic carbocycles. The first-order valence-corrected chi connectivity index (χ1v) is 9.71. The molecule has 0 aliphatic carbocycles. The first kappa shape index (κ1) is 20.2. The Morgan fingerprint density at radius 2 is 1.71 bits per heavy atom. The van der Waals surface area contributed by atoms with Crippen LogP contribution >= 0.6 is 11.3 Å². The zero-order valence-corrected chi connectivity index (χ0v) is 15.8. The van der Waals surface area contributed by atoms with Gasteiger partial charge in [0, 0.05) is 36.7 Å². The van der Waals surface area contributed by atoms with Gasteiger partial charge in [-0.05, 0) is 23.6 Å². The Kier molecular flexibility index (Phi) is 6.23. The van der Waals surface area contributed by atoms with Gasteiger partial charge in [-0.2, -0.15) is 13.2 Å². The lowest BCUT2D eigenvalue weighted by Crippen LogP contribution is -2.49. The van der Waals surface area contributed by atoms with Gasteiger partial charge in [0.25, 0.3) is 0 Å². The third-order valence-electron chi connectivity index (χ3n) is 4.58. The average molecular weight is 411 g/mol. The van der Waals surface area contributed by atoms with E-state index in [1.807, 2.05) is 35.6 Å². The zero-order valence-electron chi connectivity index (χ0n) is 15.0. The number of anilines is 1. The molecule has 28 heavy (non-hydrogen) atoms. The number of alkyl halides is 3. The first-order chi connectivity index (χ1) is 13.3. The highest BCUT2D eigenvalue weighted by Gasteiger charge is 2.40. The van der Waals surface area contributed by atoms with Gasteiger partial charge in [0.2, 0.25) is 5.91 Å². The van der Waals surface area contributed by atoms with E-state index in [0.717, 1.165) is 5.69 Å². The van der Waals surface area contributed by atoms with Gasteiger partial charge in [-0.3, -0.25) is 9.59 Å². The SMILES string of the molecule is O=C(C[C@H](NC(=O)C(F)(F)F)c1cccs1)N1CCN(c2ccccc2)CC1. The van der Waals surface area contributed by atoms with Crippen molar-refractivity contribution in [2.24, 2.45) is 0 Å². The largest absolute Gasteiger partial charge is 0.471 e. The number of thiophene rings is 1. The summed E-state index contributed by atoms with van der Waals surface area (Å²) in [5.41, 5.74) is 1.07. The molecule has 2 heterocycles. The molecule has 1 atom stereocenters. The lowest BCUT2D eigenvalue weighted by Gasteiger charge is -2.36. The number of amides is 2. The number of halogens is 3.